The number of nitrogens with zero attached hydrogens (tertiary/aromatic N) is 5. The number of ketones is 3. The number of hydrogen-bond acceptors (Lipinski definition) is 29. The SMILES string of the molecule is C/C(=C\c1csc(C)n1)C1C[C@H]2[C@@H](CCC[C@H](C)[C@H](O)[C@@H](C)C(=O)C(C)(C)[C@@H](O)CC(=O)O1)N2CCOC(=O)OCCSSCC(NC(=O)[C@H](CC(=O)O)CC(=O)[C@H](CCCNC(=N)N)NC(=O)[C@H](CC(=O)O)CC(=O)CC[C@H](NC(=O)c1ccc(NCc2cnc3nc(N)[nH]c(=O)c3n2)cc1)C(=O)O)C(=O)O. The van der Waals surface area contributed by atoms with Gasteiger partial charge in [0.2, 0.25) is 17.8 Å². The van der Waals surface area contributed by atoms with Gasteiger partial charge in [0.05, 0.1) is 83.9 Å². The number of aromatic amines is 1. The fourth-order valence-electron chi connectivity index (χ4n) is 12.2. The number of nitrogens with one attached hydrogen (secondary N) is 7. The number of aliphatic hydroxyl groups excluding tert-OH is 2. The first-order valence-electron chi connectivity index (χ1n) is 34.8. The number of aromatic nitrogens is 5. The third-order valence-electron chi connectivity index (χ3n) is 18.5. The number of carbonyl (C=O) groups excluding carboxylic acids is 8. The zero-order valence-corrected chi connectivity index (χ0v) is 62.9. The number of aliphatic carboxylic acids is 4. The topological polar surface area (TPSA) is 577 Å². The average molecular weight is 1570 g/mol. The highest BCUT2D eigenvalue weighted by molar-refractivity contribution is 8.76. The summed E-state index contributed by atoms with van der Waals surface area (Å²) in [7, 11) is 2.00. The molecule has 39 heteroatoms. The summed E-state index contributed by atoms with van der Waals surface area (Å²) in [6.45, 7) is 10.3. The van der Waals surface area contributed by atoms with Crippen LogP contribution >= 0.6 is 32.9 Å². The van der Waals surface area contributed by atoms with Crippen LogP contribution in [-0.4, -0.2) is 224 Å². The number of guanidine groups is 1. The average Bonchev–Trinajstić information content (AvgIpc) is 1.61. The van der Waals surface area contributed by atoms with E-state index in [2.05, 4.69) is 56.4 Å². The Morgan fingerprint density at radius 3 is 2.14 bits per heavy atom. The van der Waals surface area contributed by atoms with Gasteiger partial charge in [-0.2, -0.15) is 4.98 Å². The lowest BCUT2D eigenvalue weighted by Gasteiger charge is -2.34. The molecule has 2 saturated heterocycles. The molecular formula is C69H94N14O22S3. The normalized spacial score (nSPS) is 21.0. The summed E-state index contributed by atoms with van der Waals surface area (Å²) in [5.74, 6) is -17.5. The molecule has 3 unspecified atom stereocenters. The van der Waals surface area contributed by atoms with Crippen molar-refractivity contribution in [3.8, 4) is 0 Å². The number of cyclic esters (lactones) is 1. The number of aryl methyl sites for hydroxylation is 1. The highest BCUT2D eigenvalue weighted by Crippen LogP contribution is 2.40. The molecule has 2 aliphatic rings. The van der Waals surface area contributed by atoms with E-state index in [-0.39, 0.29) is 104 Å². The number of benzene rings is 1. The quantitative estimate of drug-likeness (QED) is 0.00765. The molecule has 0 bridgehead atoms. The third kappa shape index (κ3) is 27.5. The Balaban J connectivity index is 0.984. The Bertz CT molecular complexity index is 3990. The van der Waals surface area contributed by atoms with Crippen molar-refractivity contribution in [3.63, 3.8) is 0 Å². The second kappa shape index (κ2) is 41.6. The van der Waals surface area contributed by atoms with Gasteiger partial charge in [-0.1, -0.05) is 55.7 Å². The number of hydrogen-bond donors (Lipinski definition) is 15. The minimum absolute atomic E-state index is 0.00931. The van der Waals surface area contributed by atoms with Crippen LogP contribution in [0.2, 0.25) is 0 Å². The first-order valence-corrected chi connectivity index (χ1v) is 38.2. The molecule has 3 aromatic heterocycles. The van der Waals surface area contributed by atoms with E-state index in [4.69, 9.17) is 31.1 Å². The van der Waals surface area contributed by atoms with Crippen LogP contribution < -0.4 is 43.6 Å². The first-order chi connectivity index (χ1) is 51.0. The van der Waals surface area contributed by atoms with Crippen LogP contribution in [0.3, 0.4) is 0 Å². The molecule has 590 valence electrons. The molecule has 108 heavy (non-hydrogen) atoms. The van der Waals surface area contributed by atoms with Crippen molar-refractivity contribution < 1.29 is 102 Å². The van der Waals surface area contributed by atoms with E-state index in [1.54, 1.807) is 20.8 Å². The van der Waals surface area contributed by atoms with Crippen molar-refractivity contribution in [2.24, 2.45) is 34.8 Å². The zero-order chi connectivity index (χ0) is 79.7. The van der Waals surface area contributed by atoms with Gasteiger partial charge in [0, 0.05) is 84.9 Å². The van der Waals surface area contributed by atoms with E-state index in [1.165, 1.54) is 41.8 Å². The maximum Gasteiger partial charge on any atom is 0.508 e. The minimum Gasteiger partial charge on any atom is -0.481 e. The number of amides is 3. The summed E-state index contributed by atoms with van der Waals surface area (Å²) < 4.78 is 16.7. The molecule has 17 N–H and O–H groups in total. The van der Waals surface area contributed by atoms with Crippen molar-refractivity contribution in [1.29, 1.82) is 5.41 Å². The molecule has 5 heterocycles. The predicted octanol–water partition coefficient (Wildman–Crippen LogP) is 3.21. The van der Waals surface area contributed by atoms with Gasteiger partial charge >= 0.3 is 36.0 Å². The smallest absolute Gasteiger partial charge is 0.481 e. The van der Waals surface area contributed by atoms with Gasteiger partial charge in [0.25, 0.3) is 11.5 Å². The van der Waals surface area contributed by atoms with Gasteiger partial charge in [0.15, 0.2) is 22.9 Å². The van der Waals surface area contributed by atoms with Crippen LogP contribution in [0.15, 0.2) is 46.2 Å². The molecule has 0 spiro atoms. The molecule has 13 atom stereocenters. The minimum atomic E-state index is -1.74. The van der Waals surface area contributed by atoms with Crippen molar-refractivity contribution in [3.05, 3.63) is 73.7 Å². The zero-order valence-electron chi connectivity index (χ0n) is 60.4. The van der Waals surface area contributed by atoms with Crippen molar-refractivity contribution in [1.82, 2.24) is 51.1 Å². The van der Waals surface area contributed by atoms with Crippen LogP contribution in [-0.2, 0) is 68.7 Å². The first kappa shape index (κ1) is 87.2. The van der Waals surface area contributed by atoms with E-state index in [9.17, 15) is 93.0 Å². The Kier molecular flexibility index (Phi) is 33.6. The van der Waals surface area contributed by atoms with Gasteiger partial charge in [0.1, 0.15) is 43.0 Å². The Morgan fingerprint density at radius 2 is 1.50 bits per heavy atom. The summed E-state index contributed by atoms with van der Waals surface area (Å²) in [5, 5.41) is 85.0. The van der Waals surface area contributed by atoms with Gasteiger partial charge < -0.3 is 82.9 Å². The number of ether oxygens (including phenoxy) is 3. The lowest BCUT2D eigenvalue weighted by molar-refractivity contribution is -0.155. The van der Waals surface area contributed by atoms with E-state index in [0.717, 1.165) is 26.6 Å². The number of carbonyl (C=O) groups is 12. The molecule has 0 saturated carbocycles. The number of nitrogens with two attached hydrogens (primary N) is 2. The number of carboxylic acid groups (broad SMARTS) is 4. The summed E-state index contributed by atoms with van der Waals surface area (Å²) in [5.41, 5.74) is 11.3. The standard InChI is InChI=1S/C69H94N14O22S3/c1-34-9-7-11-48-49(28-51(35(2)23-42-32-106-37(4)76-42)105-55(91)29-52(86)69(5,6)58(93)36(3)57(34)92)83(48)19-20-103-68(102)104-21-22-107-108-33-47(65(100)101)80-62(96)40(27-54(89)90)25-50(85)45(10-8-18-73-66(70)71)78-61(95)39(26-53(87)88)24-44(84)16-17-46(64(98)99)79-60(94)38-12-14-41(15-13-38)74-30-43-31-75-59-56(77-43)63(97)82-67(72)81-59/h12-15,23,31-32,34,36,39-40,45-49,51-52,57,74,86,92H,7-11,16-22,24-30,33H2,1-6H3,(H,78,95)(H,79,94)(H,80,96)(H,87,88)(H,89,90)(H,98,99)(H,100,101)(H4,70,71,73)(H3,72,75,81,82,97)/b35-23+/t34-,36+,39-,40-,45-,46-,47?,48+,49-,51?,52-,57-,83?/m0/s1. The van der Waals surface area contributed by atoms with Gasteiger partial charge in [-0.3, -0.25) is 63.2 Å². The largest absolute Gasteiger partial charge is 0.508 e. The molecule has 3 amide bonds. The van der Waals surface area contributed by atoms with Crippen LogP contribution in [0.1, 0.15) is 145 Å². The summed E-state index contributed by atoms with van der Waals surface area (Å²) in [6, 6.07) is 0.688. The number of carboxylic acids is 4. The fraction of sp³-hybridized carbons (Fsp3) is 0.565. The number of thiazole rings is 1. The Hall–Kier alpha value is -9.70. The van der Waals surface area contributed by atoms with E-state index < -0.39 is 181 Å². The summed E-state index contributed by atoms with van der Waals surface area (Å²) in [6.07, 6.45) is -4.20. The van der Waals surface area contributed by atoms with E-state index in [1.807, 2.05) is 32.2 Å². The second-order valence-corrected chi connectivity index (χ2v) is 30.8. The predicted molar refractivity (Wildman–Crippen MR) is 395 cm³/mol. The van der Waals surface area contributed by atoms with Crippen molar-refractivity contribution in [2.75, 3.05) is 48.9 Å². The Morgan fingerprint density at radius 1 is 0.843 bits per heavy atom. The van der Waals surface area contributed by atoms with Gasteiger partial charge in [-0.25, -0.2) is 29.3 Å². The number of esters is 1. The van der Waals surface area contributed by atoms with Crippen LogP contribution in [0.4, 0.5) is 16.4 Å². The lowest BCUT2D eigenvalue weighted by atomic mass is 9.73. The summed E-state index contributed by atoms with van der Waals surface area (Å²) >= 11 is 1.46. The summed E-state index contributed by atoms with van der Waals surface area (Å²) in [4.78, 5) is 191. The second-order valence-electron chi connectivity index (χ2n) is 27.1. The number of nitrogen functional groups attached to an aromatic ring is 1. The molecule has 0 radical (unpaired) electrons. The van der Waals surface area contributed by atoms with Crippen molar-refractivity contribution in [2.45, 2.75) is 180 Å². The molecule has 6 rings (SSSR count). The molecular weight excluding hydrogens is 1470 g/mol. The van der Waals surface area contributed by atoms with E-state index >= 15 is 0 Å². The molecule has 1 aromatic carbocycles. The monoisotopic (exact) mass is 1570 g/mol. The molecule has 36 nitrogen and oxygen atoms in total. The van der Waals surface area contributed by atoms with Crippen LogP contribution in [0, 0.1) is 41.4 Å². The number of H-pyrrole nitrogens is 1. The maximum absolute atomic E-state index is 14.1. The fourth-order valence-corrected chi connectivity index (χ4v) is 14.8. The number of rotatable bonds is 38. The van der Waals surface area contributed by atoms with Crippen molar-refractivity contribution >= 4 is 139 Å². The number of anilines is 2. The number of Topliss-reactive ketones (excluding diaryl/α,β-unsaturated/α-hetero) is 3. The Labute approximate surface area is 632 Å². The van der Waals surface area contributed by atoms with Crippen LogP contribution in [0.5, 0.6) is 0 Å². The van der Waals surface area contributed by atoms with Gasteiger partial charge in [-0.05, 0) is 87.8 Å². The lowest BCUT2D eigenvalue weighted by Crippen LogP contribution is -2.48. The van der Waals surface area contributed by atoms with Gasteiger partial charge in [-0.15, -0.1) is 11.3 Å². The molecule has 2 aliphatic heterocycles. The van der Waals surface area contributed by atoms with Crippen LogP contribution in [0.25, 0.3) is 17.2 Å². The third-order valence-corrected chi connectivity index (χ3v) is 21.6. The molecule has 0 aliphatic carbocycles. The highest BCUT2D eigenvalue weighted by atomic mass is 33.1. The van der Waals surface area contributed by atoms with E-state index in [0.29, 0.717) is 48.3 Å². The number of fused-ring (bicyclic) bond motifs is 2. The maximum atomic E-state index is 14.1. The highest BCUT2D eigenvalue weighted by Gasteiger charge is 2.49. The molecule has 2 fully saturated rings. The number of aliphatic hydroxyl groups is 2. The molecule has 4 aromatic rings.